The summed E-state index contributed by atoms with van der Waals surface area (Å²) in [5, 5.41) is 4.63. The van der Waals surface area contributed by atoms with Gasteiger partial charge in [0.1, 0.15) is 0 Å². The molecule has 1 aliphatic carbocycles. The number of nitrogens with one attached hydrogen (secondary N) is 1. The summed E-state index contributed by atoms with van der Waals surface area (Å²) in [5.41, 5.74) is 8.69. The summed E-state index contributed by atoms with van der Waals surface area (Å²) in [5.74, 6) is 0. The second kappa shape index (κ2) is 5.29. The zero-order valence-electron chi connectivity index (χ0n) is 12.1. The van der Waals surface area contributed by atoms with Gasteiger partial charge in [-0.1, -0.05) is 0 Å². The van der Waals surface area contributed by atoms with Crippen molar-refractivity contribution in [3.63, 3.8) is 0 Å². The maximum Gasteiger partial charge on any atom is 0.0951 e. The van der Waals surface area contributed by atoms with Crippen LogP contribution in [0.5, 0.6) is 0 Å². The molecule has 3 N–H and O–H groups in total. The van der Waals surface area contributed by atoms with E-state index in [1.54, 1.807) is 6.20 Å². The van der Waals surface area contributed by atoms with Crippen molar-refractivity contribution in [2.75, 3.05) is 24.6 Å². The number of pyridine rings is 1. The molecule has 0 bridgehead atoms. The molecule has 106 valence electrons. The van der Waals surface area contributed by atoms with Crippen molar-refractivity contribution in [2.24, 2.45) is 0 Å². The van der Waals surface area contributed by atoms with Gasteiger partial charge in [-0.3, -0.25) is 9.88 Å². The van der Waals surface area contributed by atoms with Gasteiger partial charge >= 0.3 is 0 Å². The lowest BCUT2D eigenvalue weighted by atomic mass is 10.1. The first-order valence-electron chi connectivity index (χ1n) is 7.26. The molecule has 1 aromatic carbocycles. The maximum absolute atomic E-state index is 5.98. The molecular formula is C16H22N4. The van der Waals surface area contributed by atoms with Gasteiger partial charge in [-0.2, -0.15) is 0 Å². The first kappa shape index (κ1) is 13.2. The predicted octanol–water partition coefficient (Wildman–Crippen LogP) is 2.71. The summed E-state index contributed by atoms with van der Waals surface area (Å²) in [6.07, 6.45) is 4.47. The highest BCUT2D eigenvalue weighted by molar-refractivity contribution is 5.98. The van der Waals surface area contributed by atoms with Gasteiger partial charge in [-0.25, -0.2) is 0 Å². The Hall–Kier alpha value is -1.81. The molecule has 20 heavy (non-hydrogen) atoms. The third-order valence-corrected chi connectivity index (χ3v) is 4.21. The quantitative estimate of drug-likeness (QED) is 0.820. The summed E-state index contributed by atoms with van der Waals surface area (Å²) in [6, 6.07) is 9.29. The zero-order chi connectivity index (χ0) is 14.1. The van der Waals surface area contributed by atoms with Crippen molar-refractivity contribution in [2.45, 2.75) is 31.8 Å². The predicted molar refractivity (Wildman–Crippen MR) is 84.9 cm³/mol. The van der Waals surface area contributed by atoms with E-state index in [-0.39, 0.29) is 0 Å². The van der Waals surface area contributed by atoms with Gasteiger partial charge in [-0.05, 0) is 51.1 Å². The average molecular weight is 270 g/mol. The SMILES string of the molecule is CC(CNc1ccc(N)c2ncccc12)N(C)C1CC1. The molecule has 0 amide bonds. The molecule has 4 nitrogen and oxygen atoms in total. The molecule has 1 unspecified atom stereocenters. The minimum Gasteiger partial charge on any atom is -0.397 e. The number of nitrogens with zero attached hydrogens (tertiary/aromatic N) is 2. The van der Waals surface area contributed by atoms with Gasteiger partial charge in [0.05, 0.1) is 11.2 Å². The van der Waals surface area contributed by atoms with Crippen LogP contribution in [-0.2, 0) is 0 Å². The smallest absolute Gasteiger partial charge is 0.0951 e. The van der Waals surface area contributed by atoms with E-state index < -0.39 is 0 Å². The van der Waals surface area contributed by atoms with Gasteiger partial charge in [-0.15, -0.1) is 0 Å². The van der Waals surface area contributed by atoms with E-state index in [9.17, 15) is 0 Å². The van der Waals surface area contributed by atoms with Crippen LogP contribution in [0, 0.1) is 0 Å². The van der Waals surface area contributed by atoms with E-state index in [1.165, 1.54) is 12.8 Å². The Bertz CT molecular complexity index is 606. The number of hydrogen-bond donors (Lipinski definition) is 2. The molecule has 1 aromatic heterocycles. The lowest BCUT2D eigenvalue weighted by Gasteiger charge is -2.25. The lowest BCUT2D eigenvalue weighted by Crippen LogP contribution is -2.36. The molecular weight excluding hydrogens is 248 g/mol. The van der Waals surface area contributed by atoms with Crippen molar-refractivity contribution in [1.82, 2.24) is 9.88 Å². The summed E-state index contributed by atoms with van der Waals surface area (Å²) in [7, 11) is 2.21. The van der Waals surface area contributed by atoms with Crippen LogP contribution in [-0.4, -0.2) is 35.6 Å². The van der Waals surface area contributed by atoms with E-state index in [1.807, 2.05) is 18.2 Å². The Morgan fingerprint density at radius 3 is 2.95 bits per heavy atom. The molecule has 1 fully saturated rings. The molecule has 3 rings (SSSR count). The van der Waals surface area contributed by atoms with Gasteiger partial charge in [0.15, 0.2) is 0 Å². The Labute approximate surface area is 120 Å². The molecule has 0 radical (unpaired) electrons. The first-order chi connectivity index (χ1) is 9.66. The van der Waals surface area contributed by atoms with E-state index in [0.717, 1.165) is 34.9 Å². The highest BCUT2D eigenvalue weighted by Crippen LogP contribution is 2.28. The van der Waals surface area contributed by atoms with Crippen LogP contribution >= 0.6 is 0 Å². The van der Waals surface area contributed by atoms with Crippen molar-refractivity contribution < 1.29 is 0 Å². The van der Waals surface area contributed by atoms with Gasteiger partial charge in [0.2, 0.25) is 0 Å². The Morgan fingerprint density at radius 1 is 1.40 bits per heavy atom. The largest absolute Gasteiger partial charge is 0.397 e. The van der Waals surface area contributed by atoms with Crippen LogP contribution < -0.4 is 11.1 Å². The zero-order valence-corrected chi connectivity index (χ0v) is 12.1. The molecule has 4 heteroatoms. The number of likely N-dealkylation sites (N-methyl/N-ethyl adjacent to an activating group) is 1. The van der Waals surface area contributed by atoms with Crippen LogP contribution in [0.4, 0.5) is 11.4 Å². The van der Waals surface area contributed by atoms with Crippen molar-refractivity contribution in [3.8, 4) is 0 Å². The van der Waals surface area contributed by atoms with Gasteiger partial charge in [0.25, 0.3) is 0 Å². The Kier molecular flexibility index (Phi) is 3.49. The molecule has 2 aromatic rings. The molecule has 1 heterocycles. The number of nitrogens with two attached hydrogens (primary N) is 1. The van der Waals surface area contributed by atoms with Crippen molar-refractivity contribution in [1.29, 1.82) is 0 Å². The molecule has 0 saturated heterocycles. The van der Waals surface area contributed by atoms with Gasteiger partial charge < -0.3 is 11.1 Å². The van der Waals surface area contributed by atoms with Crippen LogP contribution in [0.15, 0.2) is 30.5 Å². The van der Waals surface area contributed by atoms with Gasteiger partial charge in [0, 0.05) is 35.9 Å². The van der Waals surface area contributed by atoms with E-state index in [4.69, 9.17) is 5.73 Å². The monoisotopic (exact) mass is 270 g/mol. The molecule has 1 aliphatic rings. The fourth-order valence-electron chi connectivity index (χ4n) is 2.59. The number of fused-ring (bicyclic) bond motifs is 1. The maximum atomic E-state index is 5.98. The minimum atomic E-state index is 0.520. The number of aromatic nitrogens is 1. The Morgan fingerprint density at radius 2 is 2.20 bits per heavy atom. The van der Waals surface area contributed by atoms with E-state index in [0.29, 0.717) is 6.04 Å². The summed E-state index contributed by atoms with van der Waals surface area (Å²) in [4.78, 5) is 6.83. The lowest BCUT2D eigenvalue weighted by molar-refractivity contribution is 0.257. The molecule has 0 spiro atoms. The van der Waals surface area contributed by atoms with Crippen molar-refractivity contribution >= 4 is 22.3 Å². The highest BCUT2D eigenvalue weighted by Gasteiger charge is 2.28. The molecule has 1 atom stereocenters. The van der Waals surface area contributed by atoms with Crippen LogP contribution in [0.1, 0.15) is 19.8 Å². The summed E-state index contributed by atoms with van der Waals surface area (Å²) >= 11 is 0. The van der Waals surface area contributed by atoms with E-state index in [2.05, 4.69) is 35.2 Å². The first-order valence-corrected chi connectivity index (χ1v) is 7.26. The number of hydrogen-bond acceptors (Lipinski definition) is 4. The molecule has 1 saturated carbocycles. The average Bonchev–Trinajstić information content (AvgIpc) is 3.30. The highest BCUT2D eigenvalue weighted by atomic mass is 15.2. The Balaban J connectivity index is 1.75. The van der Waals surface area contributed by atoms with Crippen LogP contribution in [0.25, 0.3) is 10.9 Å². The number of benzene rings is 1. The third kappa shape index (κ3) is 2.56. The second-order valence-corrected chi connectivity index (χ2v) is 5.73. The standard InChI is InChI=1S/C16H22N4/c1-11(20(2)12-5-6-12)10-19-15-8-7-14(17)16-13(15)4-3-9-18-16/h3-4,7-9,11-12,19H,5-6,10,17H2,1-2H3. The minimum absolute atomic E-state index is 0.520. The normalized spacial score (nSPS) is 16.6. The fraction of sp³-hybridized carbons (Fsp3) is 0.438. The van der Waals surface area contributed by atoms with Crippen LogP contribution in [0.3, 0.4) is 0 Å². The van der Waals surface area contributed by atoms with Crippen LogP contribution in [0.2, 0.25) is 0 Å². The number of anilines is 2. The third-order valence-electron chi connectivity index (χ3n) is 4.21. The number of nitrogen functional groups attached to an aromatic ring is 1. The summed E-state index contributed by atoms with van der Waals surface area (Å²) < 4.78 is 0. The fourth-order valence-corrected chi connectivity index (χ4v) is 2.59. The summed E-state index contributed by atoms with van der Waals surface area (Å²) in [6.45, 7) is 3.20. The van der Waals surface area contributed by atoms with Crippen molar-refractivity contribution in [3.05, 3.63) is 30.5 Å². The number of rotatable bonds is 5. The topological polar surface area (TPSA) is 54.2 Å². The second-order valence-electron chi connectivity index (χ2n) is 5.73. The molecule has 0 aliphatic heterocycles. The van der Waals surface area contributed by atoms with E-state index >= 15 is 0 Å².